The van der Waals surface area contributed by atoms with Gasteiger partial charge >= 0.3 is 24.3 Å². The number of likely N-dealkylation sites (tertiary alicyclic amines) is 1. The molecule has 2 N–H and O–H groups in total. The zero-order valence-electron chi connectivity index (χ0n) is 23.3. The highest BCUT2D eigenvalue weighted by atomic mass is 19.4. The van der Waals surface area contributed by atoms with Gasteiger partial charge in [-0.15, -0.1) is 0 Å². The molecule has 3 aromatic rings. The Morgan fingerprint density at radius 1 is 0.889 bits per heavy atom. The lowest BCUT2D eigenvalue weighted by atomic mass is 9.92. The van der Waals surface area contributed by atoms with Crippen LogP contribution in [0.4, 0.5) is 36.4 Å². The number of aliphatic carboxylic acids is 2. The largest absolute Gasteiger partial charge is 0.490 e. The van der Waals surface area contributed by atoms with Crippen LogP contribution in [0.15, 0.2) is 60.8 Å². The smallest absolute Gasteiger partial charge is 0.475 e. The zero-order valence-corrected chi connectivity index (χ0v) is 23.3. The molecule has 1 unspecified atom stereocenters. The third kappa shape index (κ3) is 8.65. The van der Waals surface area contributed by atoms with Gasteiger partial charge in [0.15, 0.2) is 0 Å². The van der Waals surface area contributed by atoms with Gasteiger partial charge in [-0.05, 0) is 55.9 Å². The van der Waals surface area contributed by atoms with Gasteiger partial charge in [0.25, 0.3) is 5.91 Å². The first kappa shape index (κ1) is 34.7. The number of halogens is 7. The Balaban J connectivity index is 0.000000331. The van der Waals surface area contributed by atoms with Gasteiger partial charge in [-0.25, -0.2) is 14.0 Å². The van der Waals surface area contributed by atoms with Gasteiger partial charge in [0.2, 0.25) is 5.91 Å². The number of rotatable bonds is 2. The van der Waals surface area contributed by atoms with Crippen molar-refractivity contribution in [1.82, 2.24) is 14.8 Å². The number of hydrogen-bond donors (Lipinski definition) is 2. The molecule has 3 heterocycles. The van der Waals surface area contributed by atoms with Crippen molar-refractivity contribution in [3.05, 3.63) is 72.2 Å². The molecule has 1 aromatic heterocycles. The monoisotopic (exact) mass is 646 g/mol. The van der Waals surface area contributed by atoms with E-state index in [1.54, 1.807) is 23.2 Å². The van der Waals surface area contributed by atoms with Crippen LogP contribution in [0, 0.1) is 5.82 Å². The van der Waals surface area contributed by atoms with Crippen molar-refractivity contribution in [1.29, 1.82) is 0 Å². The van der Waals surface area contributed by atoms with Crippen LogP contribution in [0.25, 0.3) is 10.9 Å². The summed E-state index contributed by atoms with van der Waals surface area (Å²) in [6.07, 6.45) is -7.68. The fourth-order valence-electron chi connectivity index (χ4n) is 4.70. The zero-order chi connectivity index (χ0) is 33.7. The number of piperazine rings is 1. The second-order valence-electron chi connectivity index (χ2n) is 10.0. The molecule has 0 aliphatic carbocycles. The van der Waals surface area contributed by atoms with E-state index in [0.717, 1.165) is 17.3 Å². The number of nitrogens with zero attached hydrogens (tertiary/aromatic N) is 4. The molecule has 45 heavy (non-hydrogen) atoms. The number of carboxylic acids is 2. The van der Waals surface area contributed by atoms with Gasteiger partial charge < -0.3 is 20.0 Å². The van der Waals surface area contributed by atoms with E-state index in [9.17, 15) is 40.3 Å². The van der Waals surface area contributed by atoms with Crippen LogP contribution in [-0.2, 0) is 14.4 Å². The predicted molar refractivity (Wildman–Crippen MR) is 144 cm³/mol. The number of carboxylic acid groups (broad SMARTS) is 2. The molecular formula is C28H25F7N4O6. The Labute approximate surface area is 250 Å². The topological polar surface area (TPSA) is 131 Å². The van der Waals surface area contributed by atoms with Crippen molar-refractivity contribution in [2.24, 2.45) is 0 Å². The Bertz CT molecular complexity index is 1560. The van der Waals surface area contributed by atoms with E-state index < -0.39 is 24.3 Å². The third-order valence-electron chi connectivity index (χ3n) is 7.01. The molecule has 2 aliphatic rings. The minimum absolute atomic E-state index is 0.0229. The number of fused-ring (bicyclic) bond motifs is 1. The molecule has 1 atom stereocenters. The second kappa shape index (κ2) is 13.5. The molecule has 0 saturated carbocycles. The molecule has 0 radical (unpaired) electrons. The van der Waals surface area contributed by atoms with Crippen LogP contribution in [0.3, 0.4) is 0 Å². The summed E-state index contributed by atoms with van der Waals surface area (Å²) in [4.78, 5) is 53.6. The molecule has 1 spiro atoms. The summed E-state index contributed by atoms with van der Waals surface area (Å²) in [7, 11) is 1.93. The van der Waals surface area contributed by atoms with E-state index in [-0.39, 0.29) is 29.7 Å². The van der Waals surface area contributed by atoms with Gasteiger partial charge in [0, 0.05) is 42.5 Å². The van der Waals surface area contributed by atoms with Crippen LogP contribution < -0.4 is 4.90 Å². The highest BCUT2D eigenvalue weighted by molar-refractivity contribution is 5.99. The van der Waals surface area contributed by atoms with Crippen molar-refractivity contribution in [2.75, 3.05) is 38.1 Å². The number of benzene rings is 2. The summed E-state index contributed by atoms with van der Waals surface area (Å²) in [6, 6.07) is 15.5. The van der Waals surface area contributed by atoms with Crippen molar-refractivity contribution in [2.45, 2.75) is 24.3 Å². The predicted octanol–water partition coefficient (Wildman–Crippen LogP) is 4.20. The van der Waals surface area contributed by atoms with E-state index >= 15 is 0 Å². The van der Waals surface area contributed by atoms with E-state index in [0.29, 0.717) is 30.9 Å². The highest BCUT2D eigenvalue weighted by Gasteiger charge is 2.49. The normalized spacial score (nSPS) is 18.6. The Hall–Kier alpha value is -4.80. The quantitative estimate of drug-likeness (QED) is 0.397. The first-order chi connectivity index (χ1) is 20.8. The van der Waals surface area contributed by atoms with E-state index in [2.05, 4.69) is 4.98 Å². The summed E-state index contributed by atoms with van der Waals surface area (Å²) in [5.74, 6) is -5.97. The number of pyridine rings is 1. The summed E-state index contributed by atoms with van der Waals surface area (Å²) in [5, 5.41) is 15.2. The maximum Gasteiger partial charge on any atom is 0.490 e. The molecule has 2 aliphatic heterocycles. The van der Waals surface area contributed by atoms with Crippen molar-refractivity contribution < 1.29 is 60.1 Å². The number of carbonyl (C=O) groups is 4. The highest BCUT2D eigenvalue weighted by Crippen LogP contribution is 2.34. The summed E-state index contributed by atoms with van der Waals surface area (Å²) in [5.41, 5.74) is 1.69. The van der Waals surface area contributed by atoms with Crippen LogP contribution in [0.5, 0.6) is 0 Å². The minimum Gasteiger partial charge on any atom is -0.475 e. The number of anilines is 1. The average molecular weight is 647 g/mol. The van der Waals surface area contributed by atoms with Crippen LogP contribution >= 0.6 is 0 Å². The standard InChI is InChI=1S/C24H23FN4O2.2C2HF3O2/c1-27-14-22(30)29(20-6-2-5-19(25)13-20)16-24(27)9-11-28(15-24)23(31)18-7-8-21-17(12-18)4-3-10-26-21;2*3-2(4,5)1(6)7/h2-8,10,12-13H,9,11,14-16H2,1H3;2*(H,6,7). The number of likely N-dealkylation sites (N-methyl/N-ethyl adjacent to an activating group) is 1. The van der Waals surface area contributed by atoms with Crippen molar-refractivity contribution in [3.63, 3.8) is 0 Å². The second-order valence-corrected chi connectivity index (χ2v) is 10.0. The molecule has 2 fully saturated rings. The van der Waals surface area contributed by atoms with Gasteiger partial charge in [0.05, 0.1) is 17.6 Å². The van der Waals surface area contributed by atoms with Crippen molar-refractivity contribution >= 4 is 40.3 Å². The number of aromatic nitrogens is 1. The fraction of sp³-hybridized carbons (Fsp3) is 0.321. The lowest BCUT2D eigenvalue weighted by Crippen LogP contribution is -2.64. The molecule has 2 aromatic carbocycles. The van der Waals surface area contributed by atoms with Crippen LogP contribution in [0.2, 0.25) is 0 Å². The van der Waals surface area contributed by atoms with Crippen LogP contribution in [0.1, 0.15) is 16.8 Å². The summed E-state index contributed by atoms with van der Waals surface area (Å²) in [6.45, 7) is 1.79. The lowest BCUT2D eigenvalue weighted by molar-refractivity contribution is -0.193. The number of hydrogen-bond acceptors (Lipinski definition) is 6. The summed E-state index contributed by atoms with van der Waals surface area (Å²) < 4.78 is 77.2. The Morgan fingerprint density at radius 2 is 1.51 bits per heavy atom. The SMILES string of the molecule is CN1CC(=O)N(c2cccc(F)c2)CC12CCN(C(=O)c1ccc3ncccc3c1)C2.O=C(O)C(F)(F)F.O=C(O)C(F)(F)F. The summed E-state index contributed by atoms with van der Waals surface area (Å²) >= 11 is 0. The van der Waals surface area contributed by atoms with Crippen molar-refractivity contribution in [3.8, 4) is 0 Å². The van der Waals surface area contributed by atoms with Gasteiger partial charge in [0.1, 0.15) is 5.82 Å². The van der Waals surface area contributed by atoms with Gasteiger partial charge in [-0.1, -0.05) is 12.1 Å². The maximum absolute atomic E-state index is 13.8. The van der Waals surface area contributed by atoms with E-state index in [1.165, 1.54) is 12.1 Å². The number of amides is 2. The molecule has 242 valence electrons. The molecular weight excluding hydrogens is 621 g/mol. The molecule has 17 heteroatoms. The average Bonchev–Trinajstić information content (AvgIpc) is 3.39. The Kier molecular flexibility index (Phi) is 10.4. The fourth-order valence-corrected chi connectivity index (χ4v) is 4.70. The molecule has 2 amide bonds. The van der Waals surface area contributed by atoms with Crippen LogP contribution in [-0.4, -0.2) is 99.9 Å². The van der Waals surface area contributed by atoms with Gasteiger partial charge in [-0.2, -0.15) is 26.3 Å². The Morgan fingerprint density at radius 3 is 2.09 bits per heavy atom. The van der Waals surface area contributed by atoms with E-state index in [1.807, 2.05) is 47.2 Å². The van der Waals surface area contributed by atoms with E-state index in [4.69, 9.17) is 19.8 Å². The number of alkyl halides is 6. The first-order valence-corrected chi connectivity index (χ1v) is 12.9. The molecule has 0 bridgehead atoms. The molecule has 10 nitrogen and oxygen atoms in total. The number of carbonyl (C=O) groups excluding carboxylic acids is 2. The molecule has 5 rings (SSSR count). The van der Waals surface area contributed by atoms with Gasteiger partial charge in [-0.3, -0.25) is 19.5 Å². The lowest BCUT2D eigenvalue weighted by Gasteiger charge is -2.46. The third-order valence-corrected chi connectivity index (χ3v) is 7.01. The minimum atomic E-state index is -5.08. The first-order valence-electron chi connectivity index (χ1n) is 12.9. The molecule has 2 saturated heterocycles. The maximum atomic E-state index is 13.8.